The van der Waals surface area contributed by atoms with Gasteiger partial charge in [0.05, 0.1) is 0 Å². The van der Waals surface area contributed by atoms with E-state index >= 15 is 0 Å². The van der Waals surface area contributed by atoms with E-state index in [2.05, 4.69) is 46.3 Å². The zero-order chi connectivity index (χ0) is 26.8. The van der Waals surface area contributed by atoms with E-state index in [0.29, 0.717) is 13.0 Å². The third kappa shape index (κ3) is 11.4. The maximum Gasteiger partial charge on any atom is 0.305 e. The van der Waals surface area contributed by atoms with Gasteiger partial charge in [-0.15, -0.1) is 0 Å². The lowest BCUT2D eigenvalue weighted by molar-refractivity contribution is -0.144. The first-order chi connectivity index (χ1) is 18.7. The second-order valence-corrected chi connectivity index (χ2v) is 11.2. The van der Waals surface area contributed by atoms with E-state index in [1.807, 2.05) is 0 Å². The average molecular weight is 527 g/mol. The summed E-state index contributed by atoms with van der Waals surface area (Å²) in [6, 6.07) is 8.50. The van der Waals surface area contributed by atoms with Crippen LogP contribution in [0, 0.1) is 0 Å². The average Bonchev–Trinajstić information content (AvgIpc) is 2.96. The highest BCUT2D eigenvalue weighted by Crippen LogP contribution is 2.30. The summed E-state index contributed by atoms with van der Waals surface area (Å²) < 4.78 is 5.49. The second kappa shape index (κ2) is 18.3. The van der Waals surface area contributed by atoms with E-state index in [-0.39, 0.29) is 5.97 Å². The Balaban J connectivity index is 1.23. The van der Waals surface area contributed by atoms with Gasteiger partial charge in [0.2, 0.25) is 0 Å². The summed E-state index contributed by atoms with van der Waals surface area (Å²) in [7, 11) is 0. The van der Waals surface area contributed by atoms with Gasteiger partial charge in [-0.25, -0.2) is 0 Å². The van der Waals surface area contributed by atoms with Crippen LogP contribution in [-0.2, 0) is 9.53 Å². The number of anilines is 1. The lowest BCUT2D eigenvalue weighted by atomic mass is 9.91. The minimum atomic E-state index is -0.0250. The normalized spacial score (nSPS) is 16.9. The van der Waals surface area contributed by atoms with Crippen molar-refractivity contribution in [3.63, 3.8) is 0 Å². The molecule has 3 N–H and O–H groups in total. The number of carbonyl (C=O) groups excluding carboxylic acids is 1. The van der Waals surface area contributed by atoms with Crippen molar-refractivity contribution in [1.82, 2.24) is 9.80 Å². The van der Waals surface area contributed by atoms with Gasteiger partial charge < -0.3 is 20.7 Å². The van der Waals surface area contributed by atoms with Crippen LogP contribution in [-0.4, -0.2) is 68.2 Å². The van der Waals surface area contributed by atoms with Gasteiger partial charge in [-0.3, -0.25) is 9.69 Å². The predicted octanol–water partition coefficient (Wildman–Crippen LogP) is 6.42. The minimum Gasteiger partial charge on any atom is -0.464 e. The number of rotatable bonds is 17. The van der Waals surface area contributed by atoms with Crippen molar-refractivity contribution in [1.29, 1.82) is 0 Å². The molecule has 6 heteroatoms. The Morgan fingerprint density at radius 3 is 2.26 bits per heavy atom. The molecule has 1 aromatic rings. The first-order valence-corrected chi connectivity index (χ1v) is 15.6. The standard InChI is InChI=1S/C32H54N4O2/c1-2-3-4-5-6-7-11-19-31(37)38-27-26-36-24-22-35(23-25-36)21-14-20-34-30-18-13-12-17-29(30)32(33)28-15-9-8-10-16-28/h12-13,17-18,34H,2-11,14-16,19-27,33H2,1H3. The maximum atomic E-state index is 12.0. The molecule has 0 bridgehead atoms. The monoisotopic (exact) mass is 526 g/mol. The van der Waals surface area contributed by atoms with Crippen molar-refractivity contribution in [2.24, 2.45) is 5.73 Å². The van der Waals surface area contributed by atoms with Crippen LogP contribution >= 0.6 is 0 Å². The van der Waals surface area contributed by atoms with E-state index in [1.54, 1.807) is 0 Å². The molecule has 1 saturated heterocycles. The van der Waals surface area contributed by atoms with Crippen molar-refractivity contribution < 1.29 is 9.53 Å². The molecule has 1 aliphatic heterocycles. The highest BCUT2D eigenvalue weighted by Gasteiger charge is 2.17. The number of para-hydroxylation sites is 1. The van der Waals surface area contributed by atoms with Crippen LogP contribution in [0.3, 0.4) is 0 Å². The molecule has 0 spiro atoms. The van der Waals surface area contributed by atoms with Crippen LogP contribution in [0.15, 0.2) is 29.8 Å². The van der Waals surface area contributed by atoms with Gasteiger partial charge in [-0.1, -0.05) is 70.1 Å². The fraction of sp³-hybridized carbons (Fsp3) is 0.719. The molecule has 0 unspecified atom stereocenters. The molecule has 0 amide bonds. The molecule has 0 aromatic heterocycles. The quantitative estimate of drug-likeness (QED) is 0.180. The number of nitrogens with one attached hydrogen (secondary N) is 1. The number of piperazine rings is 1. The lowest BCUT2D eigenvalue weighted by Gasteiger charge is -2.34. The summed E-state index contributed by atoms with van der Waals surface area (Å²) in [5.74, 6) is -0.0250. The summed E-state index contributed by atoms with van der Waals surface area (Å²) in [6.07, 6.45) is 16.4. The van der Waals surface area contributed by atoms with Gasteiger partial charge in [0.1, 0.15) is 6.61 Å². The number of hydrogen-bond acceptors (Lipinski definition) is 6. The number of unbranched alkanes of at least 4 members (excludes halogenated alkanes) is 6. The van der Waals surface area contributed by atoms with Crippen molar-refractivity contribution in [3.05, 3.63) is 35.4 Å². The first kappa shape index (κ1) is 30.5. The molecule has 214 valence electrons. The highest BCUT2D eigenvalue weighted by molar-refractivity contribution is 5.76. The molecule has 1 heterocycles. The molecule has 6 nitrogen and oxygen atoms in total. The molecule has 1 saturated carbocycles. The predicted molar refractivity (Wildman–Crippen MR) is 160 cm³/mol. The van der Waals surface area contributed by atoms with Gasteiger partial charge in [0.15, 0.2) is 0 Å². The van der Waals surface area contributed by atoms with Crippen LogP contribution in [0.2, 0.25) is 0 Å². The summed E-state index contributed by atoms with van der Waals surface area (Å²) in [4.78, 5) is 17.0. The molecule has 1 aromatic carbocycles. The van der Waals surface area contributed by atoms with Gasteiger partial charge in [-0.05, 0) is 56.7 Å². The van der Waals surface area contributed by atoms with E-state index in [4.69, 9.17) is 10.5 Å². The highest BCUT2D eigenvalue weighted by atomic mass is 16.5. The van der Waals surface area contributed by atoms with Crippen molar-refractivity contribution in [2.45, 2.75) is 96.8 Å². The van der Waals surface area contributed by atoms with Crippen molar-refractivity contribution in [2.75, 3.05) is 57.7 Å². The maximum absolute atomic E-state index is 12.0. The van der Waals surface area contributed by atoms with Gasteiger partial charge in [0.25, 0.3) is 0 Å². The van der Waals surface area contributed by atoms with Gasteiger partial charge in [-0.2, -0.15) is 0 Å². The van der Waals surface area contributed by atoms with E-state index < -0.39 is 0 Å². The molecule has 0 radical (unpaired) electrons. The Labute approximate surface area is 232 Å². The summed E-state index contributed by atoms with van der Waals surface area (Å²) in [5, 5.41) is 3.65. The summed E-state index contributed by atoms with van der Waals surface area (Å²) in [5.41, 5.74) is 11.4. The molecule has 2 aliphatic rings. The number of benzene rings is 1. The molecule has 1 aliphatic carbocycles. The van der Waals surface area contributed by atoms with Crippen LogP contribution in [0.5, 0.6) is 0 Å². The molecular formula is C32H54N4O2. The largest absolute Gasteiger partial charge is 0.464 e. The first-order valence-electron chi connectivity index (χ1n) is 15.6. The molecule has 38 heavy (non-hydrogen) atoms. The summed E-state index contributed by atoms with van der Waals surface area (Å²) >= 11 is 0. The molecule has 0 atom stereocenters. The number of nitrogens with zero attached hydrogens (tertiary/aromatic N) is 2. The van der Waals surface area contributed by atoms with Crippen LogP contribution in [0.25, 0.3) is 5.70 Å². The van der Waals surface area contributed by atoms with Crippen LogP contribution in [0.1, 0.15) is 102 Å². The topological polar surface area (TPSA) is 70.8 Å². The number of allylic oxidation sites excluding steroid dienone is 1. The Kier molecular flexibility index (Phi) is 14.7. The Bertz CT molecular complexity index is 825. The number of nitrogens with two attached hydrogens (primary N) is 1. The van der Waals surface area contributed by atoms with Gasteiger partial charge >= 0.3 is 5.97 Å². The molecule has 2 fully saturated rings. The Morgan fingerprint density at radius 2 is 1.53 bits per heavy atom. The molecule has 3 rings (SSSR count). The minimum absolute atomic E-state index is 0.0250. The Hall–Kier alpha value is -2.05. The lowest BCUT2D eigenvalue weighted by Crippen LogP contribution is -2.47. The zero-order valence-corrected chi connectivity index (χ0v) is 24.2. The smallest absolute Gasteiger partial charge is 0.305 e. The number of hydrogen-bond donors (Lipinski definition) is 2. The second-order valence-electron chi connectivity index (χ2n) is 11.2. The van der Waals surface area contributed by atoms with Crippen LogP contribution in [0.4, 0.5) is 5.69 Å². The number of esters is 1. The fourth-order valence-corrected chi connectivity index (χ4v) is 5.66. The van der Waals surface area contributed by atoms with E-state index in [0.717, 1.165) is 89.3 Å². The number of carbonyl (C=O) groups is 1. The van der Waals surface area contributed by atoms with Crippen molar-refractivity contribution in [3.8, 4) is 0 Å². The van der Waals surface area contributed by atoms with Gasteiger partial charge in [0, 0.05) is 62.6 Å². The van der Waals surface area contributed by atoms with Crippen molar-refractivity contribution >= 4 is 17.4 Å². The zero-order valence-electron chi connectivity index (χ0n) is 24.2. The van der Waals surface area contributed by atoms with E-state index in [1.165, 1.54) is 62.5 Å². The third-order valence-electron chi connectivity index (χ3n) is 8.14. The third-order valence-corrected chi connectivity index (χ3v) is 8.14. The van der Waals surface area contributed by atoms with Crippen LogP contribution < -0.4 is 11.1 Å². The summed E-state index contributed by atoms with van der Waals surface area (Å²) in [6.45, 7) is 9.95. The molecular weight excluding hydrogens is 472 g/mol. The Morgan fingerprint density at radius 1 is 0.868 bits per heavy atom. The fourth-order valence-electron chi connectivity index (χ4n) is 5.66. The van der Waals surface area contributed by atoms with E-state index in [9.17, 15) is 4.79 Å². The number of ether oxygens (including phenoxy) is 1. The SMILES string of the molecule is CCCCCCCCCC(=O)OCCN1CCN(CCCNc2ccccc2C(N)=C2CCCCC2)CC1.